The summed E-state index contributed by atoms with van der Waals surface area (Å²) in [7, 11) is 0. The predicted octanol–water partition coefficient (Wildman–Crippen LogP) is 5.21. The summed E-state index contributed by atoms with van der Waals surface area (Å²) < 4.78 is 5.28. The van der Waals surface area contributed by atoms with Crippen LogP contribution in [0.3, 0.4) is 0 Å². The second-order valence-electron chi connectivity index (χ2n) is 10.2. The number of aliphatic hydroxyl groups excluding tert-OH is 1. The number of hydrogen-bond acceptors (Lipinski definition) is 5. The summed E-state index contributed by atoms with van der Waals surface area (Å²) in [5.74, 6) is 1.41. The van der Waals surface area contributed by atoms with E-state index in [-0.39, 0.29) is 6.54 Å². The Bertz CT molecular complexity index is 1180. The minimum absolute atomic E-state index is 0.178. The second kappa shape index (κ2) is 14.6. The fourth-order valence-corrected chi connectivity index (χ4v) is 4.30. The van der Waals surface area contributed by atoms with Crippen molar-refractivity contribution in [2.75, 3.05) is 18.5 Å². The van der Waals surface area contributed by atoms with Crippen LogP contribution in [-0.2, 0) is 14.3 Å². The number of benzene rings is 2. The van der Waals surface area contributed by atoms with Crippen molar-refractivity contribution in [1.82, 2.24) is 10.2 Å². The summed E-state index contributed by atoms with van der Waals surface area (Å²) in [6, 6.07) is 9.57. The lowest BCUT2D eigenvalue weighted by Crippen LogP contribution is -2.54. The van der Waals surface area contributed by atoms with Crippen molar-refractivity contribution in [2.24, 2.45) is 0 Å². The number of carbonyl (C=O) groups is 3. The van der Waals surface area contributed by atoms with E-state index in [0.29, 0.717) is 28.3 Å². The SMILES string of the molecule is C#Cc1ccccc1C(C(=O)Nc1c(C)cccc1Cl)N(CCCCC)C(=O)C(CO)NC(=O)OC(C)(C)C. The number of aryl methyl sites for hydroxylation is 1. The Hall–Kier alpha value is -3.54. The topological polar surface area (TPSA) is 108 Å². The maximum atomic E-state index is 14.0. The third kappa shape index (κ3) is 9.02. The molecule has 0 aliphatic carbocycles. The number of anilines is 1. The summed E-state index contributed by atoms with van der Waals surface area (Å²) in [5.41, 5.74) is 1.21. The lowest BCUT2D eigenvalue weighted by molar-refractivity contribution is -0.141. The van der Waals surface area contributed by atoms with E-state index in [9.17, 15) is 19.5 Å². The quantitative estimate of drug-likeness (QED) is 0.260. The van der Waals surface area contributed by atoms with Crippen LogP contribution >= 0.6 is 11.6 Å². The highest BCUT2D eigenvalue weighted by atomic mass is 35.5. The highest BCUT2D eigenvalue weighted by Gasteiger charge is 2.37. The van der Waals surface area contributed by atoms with Gasteiger partial charge in [-0.15, -0.1) is 6.42 Å². The van der Waals surface area contributed by atoms with Crippen LogP contribution < -0.4 is 10.6 Å². The smallest absolute Gasteiger partial charge is 0.408 e. The van der Waals surface area contributed by atoms with Gasteiger partial charge in [0.25, 0.3) is 5.91 Å². The first-order valence-electron chi connectivity index (χ1n) is 13.0. The fourth-order valence-electron chi connectivity index (χ4n) is 4.03. The standard InChI is InChI=1S/C30H38ClN3O5/c1-7-9-12-18-34(28(37)24(19-35)32-29(38)39-30(4,5)6)26(22-16-11-10-15-21(22)8-2)27(36)33-25-20(3)14-13-17-23(25)31/h2,10-11,13-17,24,26,35H,7,9,12,18-19H2,1,3-6H3,(H,32,38)(H,33,36). The Balaban J connectivity index is 2.59. The number of amides is 3. The molecule has 39 heavy (non-hydrogen) atoms. The lowest BCUT2D eigenvalue weighted by atomic mass is 9.97. The van der Waals surface area contributed by atoms with Crippen molar-refractivity contribution in [3.05, 3.63) is 64.2 Å². The Morgan fingerprint density at radius 1 is 1.13 bits per heavy atom. The molecule has 2 atom stereocenters. The van der Waals surface area contributed by atoms with Crippen LogP contribution in [0.4, 0.5) is 10.5 Å². The Kier molecular flexibility index (Phi) is 11.8. The van der Waals surface area contributed by atoms with Crippen LogP contribution in [0.25, 0.3) is 0 Å². The number of terminal acetylenes is 1. The van der Waals surface area contributed by atoms with Crippen LogP contribution in [0.5, 0.6) is 0 Å². The zero-order valence-corrected chi connectivity index (χ0v) is 24.0. The van der Waals surface area contributed by atoms with Gasteiger partial charge in [-0.3, -0.25) is 9.59 Å². The average molecular weight is 556 g/mol. The number of carbonyl (C=O) groups excluding carboxylic acids is 3. The molecule has 0 spiro atoms. The number of rotatable bonds is 11. The van der Waals surface area contributed by atoms with Gasteiger partial charge in [0.05, 0.1) is 17.3 Å². The lowest BCUT2D eigenvalue weighted by Gasteiger charge is -2.34. The van der Waals surface area contributed by atoms with Crippen molar-refractivity contribution >= 4 is 35.2 Å². The second-order valence-corrected chi connectivity index (χ2v) is 10.6. The Morgan fingerprint density at radius 3 is 2.41 bits per heavy atom. The molecule has 0 aliphatic rings. The number of aliphatic hydroxyl groups is 1. The van der Waals surface area contributed by atoms with Crippen molar-refractivity contribution in [1.29, 1.82) is 0 Å². The maximum absolute atomic E-state index is 14.0. The minimum Gasteiger partial charge on any atom is -0.444 e. The molecule has 3 amide bonds. The van der Waals surface area contributed by atoms with Gasteiger partial charge in [-0.05, 0) is 57.4 Å². The van der Waals surface area contributed by atoms with Gasteiger partial charge in [0.1, 0.15) is 17.7 Å². The number of halogens is 1. The molecule has 0 saturated heterocycles. The molecule has 0 aromatic heterocycles. The van der Waals surface area contributed by atoms with E-state index >= 15 is 0 Å². The highest BCUT2D eigenvalue weighted by Crippen LogP contribution is 2.31. The van der Waals surface area contributed by atoms with E-state index in [0.717, 1.165) is 18.4 Å². The molecule has 2 aromatic carbocycles. The predicted molar refractivity (Wildman–Crippen MR) is 153 cm³/mol. The van der Waals surface area contributed by atoms with Gasteiger partial charge >= 0.3 is 6.09 Å². The molecular formula is C30H38ClN3O5. The molecule has 0 bridgehead atoms. The number of hydrogen-bond donors (Lipinski definition) is 3. The van der Waals surface area contributed by atoms with E-state index in [4.69, 9.17) is 22.8 Å². The number of ether oxygens (including phenoxy) is 1. The normalized spacial score (nSPS) is 12.6. The number of para-hydroxylation sites is 1. The third-order valence-corrected chi connectivity index (χ3v) is 6.21. The van der Waals surface area contributed by atoms with Gasteiger partial charge in [-0.2, -0.15) is 0 Å². The molecular weight excluding hydrogens is 518 g/mol. The molecule has 2 aromatic rings. The van der Waals surface area contributed by atoms with Crippen LogP contribution in [0.2, 0.25) is 5.02 Å². The number of unbranched alkanes of at least 4 members (excludes halogenated alkanes) is 2. The van der Waals surface area contributed by atoms with Crippen molar-refractivity contribution < 1.29 is 24.2 Å². The van der Waals surface area contributed by atoms with Crippen LogP contribution in [0.1, 0.15) is 69.7 Å². The van der Waals surface area contributed by atoms with Crippen molar-refractivity contribution in [3.63, 3.8) is 0 Å². The first kappa shape index (κ1) is 31.7. The molecule has 0 saturated carbocycles. The zero-order valence-electron chi connectivity index (χ0n) is 23.2. The Morgan fingerprint density at radius 2 is 1.82 bits per heavy atom. The van der Waals surface area contributed by atoms with Crippen LogP contribution in [0, 0.1) is 19.3 Å². The van der Waals surface area contributed by atoms with Crippen molar-refractivity contribution in [2.45, 2.75) is 71.6 Å². The van der Waals surface area contributed by atoms with Crippen molar-refractivity contribution in [3.8, 4) is 12.3 Å². The third-order valence-electron chi connectivity index (χ3n) is 5.90. The van der Waals surface area contributed by atoms with Gasteiger partial charge < -0.3 is 25.4 Å². The zero-order chi connectivity index (χ0) is 29.2. The highest BCUT2D eigenvalue weighted by molar-refractivity contribution is 6.34. The van der Waals surface area contributed by atoms with E-state index in [1.54, 1.807) is 57.2 Å². The van der Waals surface area contributed by atoms with Gasteiger partial charge in [-0.1, -0.05) is 67.6 Å². The summed E-state index contributed by atoms with van der Waals surface area (Å²) in [4.78, 5) is 41.7. The summed E-state index contributed by atoms with van der Waals surface area (Å²) >= 11 is 6.39. The largest absolute Gasteiger partial charge is 0.444 e. The van der Waals surface area contributed by atoms with Gasteiger partial charge in [0, 0.05) is 12.1 Å². The van der Waals surface area contributed by atoms with Crippen LogP contribution in [0.15, 0.2) is 42.5 Å². The van der Waals surface area contributed by atoms with Gasteiger partial charge in [0.15, 0.2) is 0 Å². The van der Waals surface area contributed by atoms with E-state index in [1.807, 2.05) is 19.9 Å². The minimum atomic E-state index is -1.35. The molecule has 3 N–H and O–H groups in total. The van der Waals surface area contributed by atoms with Gasteiger partial charge in [0.2, 0.25) is 5.91 Å². The number of nitrogens with zero attached hydrogens (tertiary/aromatic N) is 1. The summed E-state index contributed by atoms with van der Waals surface area (Å²) in [6.45, 7) is 8.37. The Labute approximate surface area is 236 Å². The van der Waals surface area contributed by atoms with E-state index in [1.165, 1.54) is 4.90 Å². The monoisotopic (exact) mass is 555 g/mol. The summed E-state index contributed by atoms with van der Waals surface area (Å²) in [6.07, 6.45) is 7.17. The molecule has 0 heterocycles. The number of nitrogens with one attached hydrogen (secondary N) is 2. The van der Waals surface area contributed by atoms with Crippen LogP contribution in [-0.4, -0.2) is 52.7 Å². The first-order valence-corrected chi connectivity index (χ1v) is 13.3. The molecule has 2 rings (SSSR count). The maximum Gasteiger partial charge on any atom is 0.408 e. The molecule has 2 unspecified atom stereocenters. The molecule has 0 fully saturated rings. The van der Waals surface area contributed by atoms with Gasteiger partial charge in [-0.25, -0.2) is 4.79 Å². The average Bonchev–Trinajstić information content (AvgIpc) is 2.87. The molecule has 9 heteroatoms. The molecule has 0 aliphatic heterocycles. The summed E-state index contributed by atoms with van der Waals surface area (Å²) in [5, 5.41) is 15.8. The molecule has 0 radical (unpaired) electrons. The number of alkyl carbamates (subject to hydrolysis) is 1. The van der Waals surface area contributed by atoms with E-state index < -0.39 is 42.2 Å². The molecule has 210 valence electrons. The van der Waals surface area contributed by atoms with E-state index in [2.05, 4.69) is 16.6 Å². The molecule has 8 nitrogen and oxygen atoms in total. The first-order chi connectivity index (χ1) is 18.4. The fraction of sp³-hybridized carbons (Fsp3) is 0.433.